The number of rotatable bonds is 6. The SMILES string of the molecule is COc1ccc(CNCc2nn[nH]n2)cc1OC. The summed E-state index contributed by atoms with van der Waals surface area (Å²) in [7, 11) is 3.24. The highest BCUT2D eigenvalue weighted by Crippen LogP contribution is 2.27. The third-order valence-electron chi connectivity index (χ3n) is 2.45. The van der Waals surface area contributed by atoms with Crippen LogP contribution in [0.3, 0.4) is 0 Å². The molecular formula is C11H15N5O2. The van der Waals surface area contributed by atoms with Crippen LogP contribution in [0.15, 0.2) is 18.2 Å². The number of hydrogen-bond donors (Lipinski definition) is 2. The highest BCUT2D eigenvalue weighted by atomic mass is 16.5. The van der Waals surface area contributed by atoms with Crippen LogP contribution in [-0.4, -0.2) is 34.8 Å². The van der Waals surface area contributed by atoms with E-state index in [1.54, 1.807) is 14.2 Å². The van der Waals surface area contributed by atoms with E-state index in [1.807, 2.05) is 18.2 Å². The average molecular weight is 249 g/mol. The molecule has 0 atom stereocenters. The number of ether oxygens (including phenoxy) is 2. The van der Waals surface area contributed by atoms with Gasteiger partial charge in [0.05, 0.1) is 20.8 Å². The molecule has 1 aromatic heterocycles. The molecule has 0 saturated carbocycles. The Hall–Kier alpha value is -2.15. The predicted molar refractivity (Wildman–Crippen MR) is 64.3 cm³/mol. The summed E-state index contributed by atoms with van der Waals surface area (Å²) >= 11 is 0. The monoisotopic (exact) mass is 249 g/mol. The van der Waals surface area contributed by atoms with Crippen molar-refractivity contribution < 1.29 is 9.47 Å². The van der Waals surface area contributed by atoms with Gasteiger partial charge < -0.3 is 14.8 Å². The topological polar surface area (TPSA) is 85.0 Å². The number of H-pyrrole nitrogens is 1. The summed E-state index contributed by atoms with van der Waals surface area (Å²) in [5.74, 6) is 2.08. The highest BCUT2D eigenvalue weighted by molar-refractivity contribution is 5.42. The largest absolute Gasteiger partial charge is 0.493 e. The zero-order chi connectivity index (χ0) is 12.8. The van der Waals surface area contributed by atoms with E-state index in [2.05, 4.69) is 25.9 Å². The van der Waals surface area contributed by atoms with Crippen molar-refractivity contribution in [3.63, 3.8) is 0 Å². The molecule has 0 aliphatic heterocycles. The van der Waals surface area contributed by atoms with Crippen LogP contribution in [0.1, 0.15) is 11.4 Å². The van der Waals surface area contributed by atoms with E-state index in [0.717, 1.165) is 17.1 Å². The molecule has 0 unspecified atom stereocenters. The minimum absolute atomic E-state index is 0.560. The lowest BCUT2D eigenvalue weighted by Crippen LogP contribution is -2.13. The first-order valence-corrected chi connectivity index (χ1v) is 5.47. The fourth-order valence-electron chi connectivity index (χ4n) is 1.57. The second-order valence-electron chi connectivity index (χ2n) is 3.62. The highest BCUT2D eigenvalue weighted by Gasteiger charge is 2.04. The summed E-state index contributed by atoms with van der Waals surface area (Å²) in [4.78, 5) is 0. The molecule has 0 radical (unpaired) electrons. The van der Waals surface area contributed by atoms with Gasteiger partial charge in [-0.1, -0.05) is 11.3 Å². The normalized spacial score (nSPS) is 10.3. The minimum Gasteiger partial charge on any atom is -0.493 e. The number of nitrogens with one attached hydrogen (secondary N) is 2. The zero-order valence-corrected chi connectivity index (χ0v) is 10.3. The molecule has 2 aromatic rings. The van der Waals surface area contributed by atoms with E-state index in [0.29, 0.717) is 18.9 Å². The van der Waals surface area contributed by atoms with Gasteiger partial charge in [-0.3, -0.25) is 0 Å². The third-order valence-corrected chi connectivity index (χ3v) is 2.45. The van der Waals surface area contributed by atoms with Crippen molar-refractivity contribution in [2.75, 3.05) is 14.2 Å². The molecule has 0 bridgehead atoms. The van der Waals surface area contributed by atoms with Crippen molar-refractivity contribution in [2.24, 2.45) is 0 Å². The van der Waals surface area contributed by atoms with Gasteiger partial charge >= 0.3 is 0 Å². The summed E-state index contributed by atoms with van der Waals surface area (Å²) in [6.07, 6.45) is 0. The Morgan fingerprint density at radius 2 is 2.00 bits per heavy atom. The van der Waals surface area contributed by atoms with Crippen LogP contribution >= 0.6 is 0 Å². The Morgan fingerprint density at radius 3 is 2.67 bits per heavy atom. The molecule has 7 nitrogen and oxygen atoms in total. The third kappa shape index (κ3) is 2.95. The number of nitrogens with zero attached hydrogens (tertiary/aromatic N) is 3. The fraction of sp³-hybridized carbons (Fsp3) is 0.364. The number of tetrazole rings is 1. The second-order valence-corrected chi connectivity index (χ2v) is 3.62. The lowest BCUT2D eigenvalue weighted by Gasteiger charge is -2.09. The molecule has 2 N–H and O–H groups in total. The molecule has 18 heavy (non-hydrogen) atoms. The first kappa shape index (κ1) is 12.3. The minimum atomic E-state index is 0.560. The van der Waals surface area contributed by atoms with Crippen LogP contribution in [0, 0.1) is 0 Å². The number of hydrogen-bond acceptors (Lipinski definition) is 6. The molecule has 0 aliphatic rings. The average Bonchev–Trinajstić information content (AvgIpc) is 2.91. The molecule has 0 spiro atoms. The van der Waals surface area contributed by atoms with E-state index in [9.17, 15) is 0 Å². The van der Waals surface area contributed by atoms with E-state index in [-0.39, 0.29) is 0 Å². The van der Waals surface area contributed by atoms with Gasteiger partial charge in [0.15, 0.2) is 17.3 Å². The van der Waals surface area contributed by atoms with Crippen LogP contribution < -0.4 is 14.8 Å². The maximum absolute atomic E-state index is 5.24. The Balaban J connectivity index is 1.93. The van der Waals surface area contributed by atoms with Crippen LogP contribution in [0.25, 0.3) is 0 Å². The zero-order valence-electron chi connectivity index (χ0n) is 10.3. The number of methoxy groups -OCH3 is 2. The van der Waals surface area contributed by atoms with Crippen molar-refractivity contribution in [3.05, 3.63) is 29.6 Å². The summed E-state index contributed by atoms with van der Waals surface area (Å²) < 4.78 is 10.4. The van der Waals surface area contributed by atoms with E-state index in [4.69, 9.17) is 9.47 Å². The smallest absolute Gasteiger partial charge is 0.188 e. The van der Waals surface area contributed by atoms with Crippen molar-refractivity contribution >= 4 is 0 Å². The van der Waals surface area contributed by atoms with Crippen molar-refractivity contribution in [2.45, 2.75) is 13.1 Å². The first-order valence-electron chi connectivity index (χ1n) is 5.47. The fourth-order valence-corrected chi connectivity index (χ4v) is 1.57. The molecular weight excluding hydrogens is 234 g/mol. The molecule has 0 saturated heterocycles. The molecule has 0 fully saturated rings. The van der Waals surface area contributed by atoms with Gasteiger partial charge in [-0.15, -0.1) is 10.2 Å². The van der Waals surface area contributed by atoms with Gasteiger partial charge in [-0.2, -0.15) is 5.21 Å². The van der Waals surface area contributed by atoms with Crippen molar-refractivity contribution in [1.82, 2.24) is 25.9 Å². The van der Waals surface area contributed by atoms with Crippen LogP contribution in [-0.2, 0) is 13.1 Å². The summed E-state index contributed by atoms with van der Waals surface area (Å²) in [5, 5.41) is 16.8. The maximum Gasteiger partial charge on any atom is 0.188 e. The predicted octanol–water partition coefficient (Wildman–Crippen LogP) is 0.507. The number of aromatic nitrogens is 4. The Kier molecular flexibility index (Phi) is 4.08. The van der Waals surface area contributed by atoms with E-state index >= 15 is 0 Å². The summed E-state index contributed by atoms with van der Waals surface area (Å²) in [6, 6.07) is 5.79. The number of aromatic amines is 1. The Labute approximate surface area is 104 Å². The quantitative estimate of drug-likeness (QED) is 0.775. The first-order chi connectivity index (χ1) is 8.83. The lowest BCUT2D eigenvalue weighted by atomic mass is 10.2. The molecule has 7 heteroatoms. The van der Waals surface area contributed by atoms with Crippen molar-refractivity contribution in [3.8, 4) is 11.5 Å². The van der Waals surface area contributed by atoms with Gasteiger partial charge in [0.25, 0.3) is 0 Å². The van der Waals surface area contributed by atoms with Crippen LogP contribution in [0.5, 0.6) is 11.5 Å². The Morgan fingerprint density at radius 1 is 1.17 bits per heavy atom. The van der Waals surface area contributed by atoms with E-state index in [1.165, 1.54) is 0 Å². The van der Waals surface area contributed by atoms with Gasteiger partial charge in [0, 0.05) is 6.54 Å². The second kappa shape index (κ2) is 5.97. The Bertz CT molecular complexity index is 486. The van der Waals surface area contributed by atoms with Gasteiger partial charge in [0.2, 0.25) is 0 Å². The molecule has 1 heterocycles. The maximum atomic E-state index is 5.24. The summed E-state index contributed by atoms with van der Waals surface area (Å²) in [6.45, 7) is 1.25. The summed E-state index contributed by atoms with van der Waals surface area (Å²) in [5.41, 5.74) is 1.09. The molecule has 1 aromatic carbocycles. The van der Waals surface area contributed by atoms with Crippen molar-refractivity contribution in [1.29, 1.82) is 0 Å². The van der Waals surface area contributed by atoms with Crippen LogP contribution in [0.4, 0.5) is 0 Å². The molecule has 2 rings (SSSR count). The van der Waals surface area contributed by atoms with Gasteiger partial charge in [0.1, 0.15) is 0 Å². The molecule has 96 valence electrons. The van der Waals surface area contributed by atoms with Gasteiger partial charge in [-0.05, 0) is 17.7 Å². The lowest BCUT2D eigenvalue weighted by molar-refractivity contribution is 0.354. The molecule has 0 amide bonds. The van der Waals surface area contributed by atoms with Crippen LogP contribution in [0.2, 0.25) is 0 Å². The number of benzene rings is 1. The molecule has 0 aliphatic carbocycles. The van der Waals surface area contributed by atoms with Gasteiger partial charge in [-0.25, -0.2) is 0 Å². The van der Waals surface area contributed by atoms with E-state index < -0.39 is 0 Å². The standard InChI is InChI=1S/C11H15N5O2/c1-17-9-4-3-8(5-10(9)18-2)6-12-7-11-13-15-16-14-11/h3-5,12H,6-7H2,1-2H3,(H,13,14,15,16).